The highest BCUT2D eigenvalue weighted by molar-refractivity contribution is 7.25. The molecule has 0 radical (unpaired) electrons. The number of hydrogen-bond acceptors (Lipinski definition) is 4. The fourth-order valence-electron chi connectivity index (χ4n) is 7.02. The summed E-state index contributed by atoms with van der Waals surface area (Å²) in [6.07, 6.45) is 0. The summed E-state index contributed by atoms with van der Waals surface area (Å²) in [6.45, 7) is 0. The third kappa shape index (κ3) is 4.26. The first-order valence-electron chi connectivity index (χ1n) is 15.8. The molecule has 0 N–H and O–H groups in total. The van der Waals surface area contributed by atoms with Gasteiger partial charge in [-0.1, -0.05) is 97.1 Å². The number of nitrogens with zero attached hydrogens (tertiary/aromatic N) is 2. The minimum Gasteiger partial charge on any atom is -0.310 e. The minimum absolute atomic E-state index is 1.05. The quantitative estimate of drug-likeness (QED) is 0.187. The number of thiophene rings is 1. The van der Waals surface area contributed by atoms with Gasteiger partial charge >= 0.3 is 0 Å². The second-order valence-corrected chi connectivity index (χ2v) is 14.1. The predicted molar refractivity (Wildman–Crippen MR) is 202 cm³/mol. The largest absolute Gasteiger partial charge is 0.310 e. The number of fused-ring (bicyclic) bond motifs is 6. The standard InChI is InChI=1S/C43H26N2S2/c1-2-8-27(9-3-1)28-16-20-31(21-17-28)45(33-24-25-39-37(26-33)34-12-4-5-15-38(34)46-39)32-22-18-30(19-23-32)43-44-41-35-13-6-10-29-11-7-14-36(40(29)35)42(41)47-43/h1-26H. The van der Waals surface area contributed by atoms with Gasteiger partial charge in [-0.25, -0.2) is 4.98 Å². The molecule has 47 heavy (non-hydrogen) atoms. The topological polar surface area (TPSA) is 16.1 Å². The minimum atomic E-state index is 1.05. The molecule has 220 valence electrons. The molecule has 1 aliphatic rings. The molecule has 0 saturated heterocycles. The van der Waals surface area contributed by atoms with Crippen molar-refractivity contribution in [2.24, 2.45) is 0 Å². The van der Waals surface area contributed by atoms with Crippen LogP contribution in [-0.2, 0) is 0 Å². The smallest absolute Gasteiger partial charge is 0.124 e. The third-order valence-electron chi connectivity index (χ3n) is 9.26. The van der Waals surface area contributed by atoms with Crippen LogP contribution in [0.15, 0.2) is 158 Å². The van der Waals surface area contributed by atoms with Crippen molar-refractivity contribution in [2.45, 2.75) is 0 Å². The first kappa shape index (κ1) is 26.6. The zero-order valence-electron chi connectivity index (χ0n) is 25.2. The van der Waals surface area contributed by atoms with E-state index in [1.54, 1.807) is 11.3 Å². The van der Waals surface area contributed by atoms with Crippen LogP contribution in [0.1, 0.15) is 0 Å². The molecule has 2 nitrogen and oxygen atoms in total. The van der Waals surface area contributed by atoms with E-state index >= 15 is 0 Å². The molecular weight excluding hydrogens is 609 g/mol. The Hall–Kier alpha value is -5.55. The summed E-state index contributed by atoms with van der Waals surface area (Å²) >= 11 is 3.64. The number of hydrogen-bond donors (Lipinski definition) is 0. The molecule has 0 amide bonds. The lowest BCUT2D eigenvalue weighted by Crippen LogP contribution is -2.09. The highest BCUT2D eigenvalue weighted by Gasteiger charge is 2.26. The summed E-state index contributed by atoms with van der Waals surface area (Å²) in [5.41, 5.74) is 10.6. The molecule has 0 atom stereocenters. The first-order valence-corrected chi connectivity index (χ1v) is 17.4. The molecule has 0 aliphatic heterocycles. The summed E-state index contributed by atoms with van der Waals surface area (Å²) in [7, 11) is 0. The van der Waals surface area contributed by atoms with Crippen LogP contribution in [0, 0.1) is 0 Å². The average molecular weight is 635 g/mol. The van der Waals surface area contributed by atoms with Crippen LogP contribution >= 0.6 is 22.7 Å². The molecule has 0 saturated carbocycles. The summed E-state index contributed by atoms with van der Waals surface area (Å²) in [6, 6.07) is 57.1. The Kier molecular flexibility index (Phi) is 5.95. The maximum atomic E-state index is 5.19. The number of anilines is 3. The SMILES string of the molecule is c1ccc(-c2ccc(N(c3ccc(-c4nc5c(s4)-c4cccc6cccc-5c46)cc3)c3ccc4sc5ccccc5c4c3)cc2)cc1. The van der Waals surface area contributed by atoms with Crippen LogP contribution in [0.25, 0.3) is 74.3 Å². The molecule has 2 aromatic heterocycles. The molecule has 9 aromatic rings. The number of aromatic nitrogens is 1. The molecule has 1 aliphatic carbocycles. The van der Waals surface area contributed by atoms with Gasteiger partial charge in [0.25, 0.3) is 0 Å². The van der Waals surface area contributed by atoms with Gasteiger partial charge in [-0.3, -0.25) is 0 Å². The Morgan fingerprint density at radius 1 is 0.447 bits per heavy atom. The van der Waals surface area contributed by atoms with E-state index in [1.165, 1.54) is 58.1 Å². The molecule has 0 unspecified atom stereocenters. The van der Waals surface area contributed by atoms with Crippen LogP contribution in [-0.4, -0.2) is 4.98 Å². The monoisotopic (exact) mass is 634 g/mol. The van der Waals surface area contributed by atoms with Crippen LogP contribution in [0.4, 0.5) is 17.1 Å². The Bertz CT molecular complexity index is 2560. The van der Waals surface area contributed by atoms with Gasteiger partial charge in [0.1, 0.15) is 5.01 Å². The molecule has 0 bridgehead atoms. The second kappa shape index (κ2) is 10.5. The van der Waals surface area contributed by atoms with Crippen LogP contribution in [0.5, 0.6) is 0 Å². The Labute approximate surface area is 280 Å². The van der Waals surface area contributed by atoms with Crippen molar-refractivity contribution >= 4 is 70.7 Å². The van der Waals surface area contributed by atoms with Gasteiger partial charge in [0.2, 0.25) is 0 Å². The fourth-order valence-corrected chi connectivity index (χ4v) is 9.23. The van der Waals surface area contributed by atoms with Gasteiger partial charge < -0.3 is 4.90 Å². The second-order valence-electron chi connectivity index (χ2n) is 12.0. The molecular formula is C43H26N2S2. The Balaban J connectivity index is 1.07. The summed E-state index contributed by atoms with van der Waals surface area (Å²) in [5, 5.41) is 6.26. The molecule has 0 spiro atoms. The van der Waals surface area contributed by atoms with Crippen molar-refractivity contribution in [1.82, 2.24) is 4.98 Å². The van der Waals surface area contributed by atoms with E-state index in [2.05, 4.69) is 163 Å². The zero-order valence-corrected chi connectivity index (χ0v) is 26.9. The lowest BCUT2D eigenvalue weighted by molar-refractivity contribution is 1.29. The fraction of sp³-hybridized carbons (Fsp3) is 0. The van der Waals surface area contributed by atoms with Crippen LogP contribution < -0.4 is 4.90 Å². The van der Waals surface area contributed by atoms with E-state index < -0.39 is 0 Å². The van der Waals surface area contributed by atoms with Crippen molar-refractivity contribution < 1.29 is 0 Å². The van der Waals surface area contributed by atoms with Crippen molar-refractivity contribution in [1.29, 1.82) is 0 Å². The van der Waals surface area contributed by atoms with E-state index in [0.29, 0.717) is 0 Å². The molecule has 2 heterocycles. The van der Waals surface area contributed by atoms with Crippen molar-refractivity contribution in [3.05, 3.63) is 158 Å². The van der Waals surface area contributed by atoms with Crippen LogP contribution in [0.2, 0.25) is 0 Å². The third-order valence-corrected chi connectivity index (χ3v) is 11.5. The molecule has 10 rings (SSSR count). The number of rotatable bonds is 5. The maximum Gasteiger partial charge on any atom is 0.124 e. The summed E-state index contributed by atoms with van der Waals surface area (Å²) < 4.78 is 2.62. The van der Waals surface area contributed by atoms with Crippen LogP contribution in [0.3, 0.4) is 0 Å². The highest BCUT2D eigenvalue weighted by Crippen LogP contribution is 2.51. The zero-order chi connectivity index (χ0) is 30.9. The predicted octanol–water partition coefficient (Wildman–Crippen LogP) is 13.1. The van der Waals surface area contributed by atoms with Crippen molar-refractivity contribution in [2.75, 3.05) is 4.90 Å². The lowest BCUT2D eigenvalue weighted by Gasteiger charge is -2.26. The normalized spacial score (nSPS) is 11.8. The van der Waals surface area contributed by atoms with E-state index in [0.717, 1.165) is 33.3 Å². The maximum absolute atomic E-state index is 5.19. The van der Waals surface area contributed by atoms with E-state index in [9.17, 15) is 0 Å². The van der Waals surface area contributed by atoms with Gasteiger partial charge in [-0.15, -0.1) is 22.7 Å². The highest BCUT2D eigenvalue weighted by atomic mass is 32.1. The average Bonchev–Trinajstić information content (AvgIpc) is 3.82. The van der Waals surface area contributed by atoms with E-state index in [1.807, 2.05) is 11.3 Å². The lowest BCUT2D eigenvalue weighted by atomic mass is 10.0. The Morgan fingerprint density at radius 3 is 1.87 bits per heavy atom. The van der Waals surface area contributed by atoms with Gasteiger partial charge in [0.15, 0.2) is 0 Å². The molecule has 7 aromatic carbocycles. The number of thiazole rings is 1. The van der Waals surface area contributed by atoms with E-state index in [4.69, 9.17) is 4.98 Å². The van der Waals surface area contributed by atoms with Gasteiger partial charge in [0, 0.05) is 53.9 Å². The van der Waals surface area contributed by atoms with Gasteiger partial charge in [-0.05, 0) is 82.6 Å². The van der Waals surface area contributed by atoms with Crippen molar-refractivity contribution in [3.63, 3.8) is 0 Å². The summed E-state index contributed by atoms with van der Waals surface area (Å²) in [4.78, 5) is 8.83. The molecule has 4 heteroatoms. The van der Waals surface area contributed by atoms with E-state index in [-0.39, 0.29) is 0 Å². The Morgan fingerprint density at radius 2 is 1.09 bits per heavy atom. The molecule has 0 fully saturated rings. The van der Waals surface area contributed by atoms with Crippen molar-refractivity contribution in [3.8, 4) is 43.4 Å². The number of benzene rings is 7. The first-order chi connectivity index (χ1) is 23.3. The van der Waals surface area contributed by atoms with Gasteiger partial charge in [0.05, 0.1) is 10.6 Å². The van der Waals surface area contributed by atoms with Gasteiger partial charge in [-0.2, -0.15) is 0 Å². The summed E-state index contributed by atoms with van der Waals surface area (Å²) in [5.74, 6) is 0.